The molecule has 0 saturated heterocycles. The fourth-order valence-electron chi connectivity index (χ4n) is 4.97. The number of amides is 1. The molecule has 0 aliphatic carbocycles. The summed E-state index contributed by atoms with van der Waals surface area (Å²) < 4.78 is 12.9. The first-order valence-electron chi connectivity index (χ1n) is 13.6. The first-order chi connectivity index (χ1) is 19.4. The van der Waals surface area contributed by atoms with Gasteiger partial charge in [0, 0.05) is 24.7 Å². The predicted octanol–water partition coefficient (Wildman–Crippen LogP) is 6.59. The second-order valence-corrected chi connectivity index (χ2v) is 10.1. The molecule has 0 aliphatic heterocycles. The first-order valence-corrected chi connectivity index (χ1v) is 13.6. The number of aromatic nitrogens is 2. The molecule has 204 valence electrons. The summed E-state index contributed by atoms with van der Waals surface area (Å²) in [4.78, 5) is 17.9. The number of methoxy groups -OCH3 is 2. The summed E-state index contributed by atoms with van der Waals surface area (Å²) in [6.45, 7) is 4.72. The molecule has 1 N–H and O–H groups in total. The lowest BCUT2D eigenvalue weighted by Crippen LogP contribution is -2.26. The molecule has 2 heterocycles. The highest BCUT2D eigenvalue weighted by atomic mass is 16.5. The van der Waals surface area contributed by atoms with Crippen LogP contribution >= 0.6 is 0 Å². The summed E-state index contributed by atoms with van der Waals surface area (Å²) >= 11 is 0. The molecular weight excluding hydrogens is 498 g/mol. The van der Waals surface area contributed by atoms with Crippen LogP contribution in [0.5, 0.6) is 11.5 Å². The van der Waals surface area contributed by atoms with Crippen LogP contribution in [-0.4, -0.2) is 36.1 Å². The number of carbonyl (C=O) groups excluding carboxylic acids is 1. The van der Waals surface area contributed by atoms with Crippen molar-refractivity contribution in [1.29, 1.82) is 0 Å². The van der Waals surface area contributed by atoms with Crippen molar-refractivity contribution in [1.82, 2.24) is 14.7 Å². The van der Waals surface area contributed by atoms with Crippen molar-refractivity contribution >= 4 is 11.6 Å². The van der Waals surface area contributed by atoms with Crippen LogP contribution in [-0.2, 0) is 17.6 Å². The third-order valence-electron chi connectivity index (χ3n) is 7.17. The number of fused-ring (bicyclic) bond motifs is 1. The van der Waals surface area contributed by atoms with Crippen LogP contribution in [0.3, 0.4) is 0 Å². The fourth-order valence-corrected chi connectivity index (χ4v) is 4.97. The molecule has 1 amide bonds. The Morgan fingerprint density at radius 1 is 0.800 bits per heavy atom. The summed E-state index contributed by atoms with van der Waals surface area (Å²) in [5.41, 5.74) is 9.63. The third kappa shape index (κ3) is 6.01. The predicted molar refractivity (Wildman–Crippen MR) is 160 cm³/mol. The van der Waals surface area contributed by atoms with Gasteiger partial charge in [-0.15, -0.1) is 0 Å². The minimum atomic E-state index is 0.0140. The van der Waals surface area contributed by atoms with Crippen molar-refractivity contribution in [2.75, 3.05) is 20.8 Å². The Hall–Kier alpha value is -4.58. The van der Waals surface area contributed by atoms with Crippen LogP contribution in [0, 0.1) is 13.8 Å². The lowest BCUT2D eigenvalue weighted by molar-refractivity contribution is -0.121. The zero-order chi connectivity index (χ0) is 28.1. The van der Waals surface area contributed by atoms with Gasteiger partial charge in [0.1, 0.15) is 5.65 Å². The standard InChI is InChI=1S/C34H35N3O3/c1-23-8-11-26(12-9-23)34-29(37-22-28(13-16-32(37)36-34)27-7-5-6-24(2)20-27)14-17-33(38)35-19-18-25-10-15-30(39-3)31(21-25)40-4/h5-13,15-16,20-22H,14,17-19H2,1-4H3,(H,35,38). The van der Waals surface area contributed by atoms with Gasteiger partial charge in [-0.25, -0.2) is 4.98 Å². The second-order valence-electron chi connectivity index (χ2n) is 10.1. The smallest absolute Gasteiger partial charge is 0.220 e. The fraction of sp³-hybridized carbons (Fsp3) is 0.235. The van der Waals surface area contributed by atoms with Crippen molar-refractivity contribution in [3.63, 3.8) is 0 Å². The van der Waals surface area contributed by atoms with Crippen LogP contribution < -0.4 is 14.8 Å². The number of nitrogens with zero attached hydrogens (tertiary/aromatic N) is 2. The van der Waals surface area contributed by atoms with Gasteiger partial charge in [-0.3, -0.25) is 4.79 Å². The van der Waals surface area contributed by atoms with Gasteiger partial charge in [0.05, 0.1) is 25.6 Å². The van der Waals surface area contributed by atoms with Gasteiger partial charge in [-0.2, -0.15) is 0 Å². The summed E-state index contributed by atoms with van der Waals surface area (Å²) in [6.07, 6.45) is 3.78. The topological polar surface area (TPSA) is 64.9 Å². The van der Waals surface area contributed by atoms with E-state index in [0.717, 1.165) is 39.3 Å². The molecule has 0 aliphatic rings. The Balaban J connectivity index is 1.35. The quantitative estimate of drug-likeness (QED) is 0.220. The van der Waals surface area contributed by atoms with Crippen molar-refractivity contribution in [3.8, 4) is 33.9 Å². The minimum absolute atomic E-state index is 0.0140. The third-order valence-corrected chi connectivity index (χ3v) is 7.17. The van der Waals surface area contributed by atoms with Crippen molar-refractivity contribution in [2.45, 2.75) is 33.1 Å². The average molecular weight is 534 g/mol. The van der Waals surface area contributed by atoms with Crippen LogP contribution in [0.2, 0.25) is 0 Å². The molecule has 0 unspecified atom stereocenters. The van der Waals surface area contributed by atoms with Crippen molar-refractivity contribution < 1.29 is 14.3 Å². The number of benzene rings is 3. The number of carbonyl (C=O) groups is 1. The highest BCUT2D eigenvalue weighted by Crippen LogP contribution is 2.29. The average Bonchev–Trinajstić information content (AvgIpc) is 3.34. The molecule has 0 spiro atoms. The lowest BCUT2D eigenvalue weighted by Gasteiger charge is -2.11. The SMILES string of the molecule is COc1ccc(CCNC(=O)CCc2c(-c3ccc(C)cc3)nc3ccc(-c4cccc(C)c4)cn23)cc1OC. The van der Waals surface area contributed by atoms with Gasteiger partial charge in [0.25, 0.3) is 0 Å². The highest BCUT2D eigenvalue weighted by Gasteiger charge is 2.16. The molecular formula is C34H35N3O3. The molecule has 0 saturated carbocycles. The molecule has 6 nitrogen and oxygen atoms in total. The Labute approximate surface area is 235 Å². The molecule has 40 heavy (non-hydrogen) atoms. The summed E-state index contributed by atoms with van der Waals surface area (Å²) in [6, 6.07) is 26.9. The number of ether oxygens (including phenoxy) is 2. The zero-order valence-corrected chi connectivity index (χ0v) is 23.5. The van der Waals surface area contributed by atoms with E-state index in [1.54, 1.807) is 14.2 Å². The van der Waals surface area contributed by atoms with E-state index in [4.69, 9.17) is 14.5 Å². The number of nitrogens with one attached hydrogen (secondary N) is 1. The molecule has 0 atom stereocenters. The molecule has 5 rings (SSSR count). The normalized spacial score (nSPS) is 11.0. The highest BCUT2D eigenvalue weighted by molar-refractivity contribution is 5.77. The molecule has 0 radical (unpaired) electrons. The van der Waals surface area contributed by atoms with Gasteiger partial charge < -0.3 is 19.2 Å². The maximum absolute atomic E-state index is 12.9. The summed E-state index contributed by atoms with van der Waals surface area (Å²) in [5, 5.41) is 3.08. The molecule has 0 fully saturated rings. The number of hydrogen-bond donors (Lipinski definition) is 1. The number of pyridine rings is 1. The van der Waals surface area contributed by atoms with Gasteiger partial charge in [0.15, 0.2) is 11.5 Å². The van der Waals surface area contributed by atoms with E-state index in [9.17, 15) is 4.79 Å². The van der Waals surface area contributed by atoms with E-state index >= 15 is 0 Å². The number of aryl methyl sites for hydroxylation is 3. The van der Waals surface area contributed by atoms with E-state index in [1.165, 1.54) is 11.1 Å². The van der Waals surface area contributed by atoms with Crippen LogP contribution in [0.25, 0.3) is 28.0 Å². The van der Waals surface area contributed by atoms with E-state index in [-0.39, 0.29) is 5.91 Å². The Morgan fingerprint density at radius 2 is 1.57 bits per heavy atom. The summed E-state index contributed by atoms with van der Waals surface area (Å²) in [7, 11) is 3.24. The molecule has 5 aromatic rings. The van der Waals surface area contributed by atoms with E-state index in [2.05, 4.69) is 90.4 Å². The van der Waals surface area contributed by atoms with E-state index < -0.39 is 0 Å². The van der Waals surface area contributed by atoms with Crippen LogP contribution in [0.1, 0.15) is 28.8 Å². The maximum Gasteiger partial charge on any atom is 0.220 e. The van der Waals surface area contributed by atoms with Gasteiger partial charge in [-0.1, -0.05) is 65.7 Å². The van der Waals surface area contributed by atoms with Crippen LogP contribution in [0.15, 0.2) is 85.1 Å². The molecule has 6 heteroatoms. The Kier molecular flexibility index (Phi) is 8.15. The lowest BCUT2D eigenvalue weighted by atomic mass is 10.0. The zero-order valence-electron chi connectivity index (χ0n) is 23.5. The Morgan fingerprint density at radius 3 is 2.33 bits per heavy atom. The first kappa shape index (κ1) is 27.0. The number of hydrogen-bond acceptors (Lipinski definition) is 4. The van der Waals surface area contributed by atoms with E-state index in [0.29, 0.717) is 37.3 Å². The monoisotopic (exact) mass is 533 g/mol. The largest absolute Gasteiger partial charge is 0.493 e. The van der Waals surface area contributed by atoms with Crippen molar-refractivity contribution in [3.05, 3.63) is 107 Å². The second kappa shape index (κ2) is 12.1. The summed E-state index contributed by atoms with van der Waals surface area (Å²) in [5.74, 6) is 1.39. The minimum Gasteiger partial charge on any atom is -0.493 e. The van der Waals surface area contributed by atoms with Crippen molar-refractivity contribution in [2.24, 2.45) is 0 Å². The maximum atomic E-state index is 12.9. The van der Waals surface area contributed by atoms with Gasteiger partial charge in [-0.05, 0) is 67.6 Å². The molecule has 0 bridgehead atoms. The molecule has 3 aromatic carbocycles. The number of rotatable bonds is 10. The van der Waals surface area contributed by atoms with Crippen LogP contribution in [0.4, 0.5) is 0 Å². The van der Waals surface area contributed by atoms with Gasteiger partial charge >= 0.3 is 0 Å². The Bertz CT molecular complexity index is 1640. The molecule has 2 aromatic heterocycles. The number of imidazole rings is 1. The van der Waals surface area contributed by atoms with Gasteiger partial charge in [0.2, 0.25) is 5.91 Å². The van der Waals surface area contributed by atoms with E-state index in [1.807, 2.05) is 18.2 Å².